The van der Waals surface area contributed by atoms with Crippen molar-refractivity contribution in [3.8, 4) is 0 Å². The van der Waals surface area contributed by atoms with E-state index < -0.39 is 34.3 Å². The molecule has 2 amide bonds. The number of halogens is 1. The van der Waals surface area contributed by atoms with Crippen LogP contribution in [0.1, 0.15) is 38.3 Å². The smallest absolute Gasteiger partial charge is 0.264 e. The molecule has 38 heavy (non-hydrogen) atoms. The van der Waals surface area contributed by atoms with Crippen LogP contribution in [-0.2, 0) is 26.2 Å². The van der Waals surface area contributed by atoms with Crippen LogP contribution in [0.25, 0.3) is 0 Å². The fourth-order valence-corrected chi connectivity index (χ4v) is 5.22. The van der Waals surface area contributed by atoms with Gasteiger partial charge in [-0.15, -0.1) is 0 Å². The second kappa shape index (κ2) is 12.7. The van der Waals surface area contributed by atoms with Crippen LogP contribution in [0.15, 0.2) is 83.8 Å². The molecule has 2 atom stereocenters. The average molecular weight is 540 g/mol. The van der Waals surface area contributed by atoms with Crippen molar-refractivity contribution in [2.75, 3.05) is 10.8 Å². The molecule has 2 unspecified atom stereocenters. The molecule has 0 aromatic heterocycles. The van der Waals surface area contributed by atoms with Gasteiger partial charge in [-0.25, -0.2) is 12.8 Å². The Morgan fingerprint density at radius 3 is 2.11 bits per heavy atom. The van der Waals surface area contributed by atoms with Gasteiger partial charge in [0.2, 0.25) is 11.8 Å². The monoisotopic (exact) mass is 539 g/mol. The van der Waals surface area contributed by atoms with E-state index in [1.165, 1.54) is 17.0 Å². The minimum atomic E-state index is -4.24. The number of nitrogens with one attached hydrogen (secondary N) is 1. The lowest BCUT2D eigenvalue weighted by Crippen LogP contribution is -2.52. The largest absolute Gasteiger partial charge is 0.352 e. The van der Waals surface area contributed by atoms with Crippen LogP contribution >= 0.6 is 0 Å². The number of nitrogens with zero attached hydrogens (tertiary/aromatic N) is 2. The van der Waals surface area contributed by atoms with Gasteiger partial charge in [-0.3, -0.25) is 13.9 Å². The summed E-state index contributed by atoms with van der Waals surface area (Å²) in [6, 6.07) is 19.4. The van der Waals surface area contributed by atoms with Crippen LogP contribution < -0.4 is 9.62 Å². The molecule has 3 aromatic rings. The van der Waals surface area contributed by atoms with Crippen molar-refractivity contribution in [1.82, 2.24) is 10.2 Å². The number of hydrogen-bond donors (Lipinski definition) is 1. The van der Waals surface area contributed by atoms with E-state index in [1.54, 1.807) is 31.2 Å². The van der Waals surface area contributed by atoms with E-state index in [0.717, 1.165) is 34.0 Å². The normalized spacial score (nSPS) is 12.9. The van der Waals surface area contributed by atoms with Crippen LogP contribution in [0.2, 0.25) is 0 Å². The highest BCUT2D eigenvalue weighted by Crippen LogP contribution is 2.25. The van der Waals surface area contributed by atoms with Gasteiger partial charge in [-0.1, -0.05) is 55.0 Å². The number of rotatable bonds is 11. The zero-order valence-electron chi connectivity index (χ0n) is 22.1. The van der Waals surface area contributed by atoms with Crippen LogP contribution in [0.4, 0.5) is 10.1 Å². The molecule has 0 fully saturated rings. The second-order valence-corrected chi connectivity index (χ2v) is 11.2. The first-order valence-corrected chi connectivity index (χ1v) is 14.0. The Morgan fingerprint density at radius 2 is 1.53 bits per heavy atom. The molecule has 9 heteroatoms. The zero-order chi connectivity index (χ0) is 27.9. The van der Waals surface area contributed by atoms with Crippen molar-refractivity contribution >= 4 is 27.5 Å². The lowest BCUT2D eigenvalue weighted by molar-refractivity contribution is -0.139. The standard InChI is InChI=1S/C29H34FN3O4S/c1-5-22(3)31-29(35)23(4)32(19-24-9-7-6-8-10-24)28(34)20-33(26-15-11-21(2)12-16-26)38(36,37)27-17-13-25(30)14-18-27/h6-18,22-23H,5,19-20H2,1-4H3,(H,31,35). The molecule has 0 bridgehead atoms. The molecular weight excluding hydrogens is 505 g/mol. The van der Waals surface area contributed by atoms with Gasteiger partial charge >= 0.3 is 0 Å². The van der Waals surface area contributed by atoms with Gasteiger partial charge in [-0.05, 0) is 69.2 Å². The van der Waals surface area contributed by atoms with Crippen molar-refractivity contribution in [2.24, 2.45) is 0 Å². The molecule has 0 aliphatic heterocycles. The van der Waals surface area contributed by atoms with Gasteiger partial charge in [0.1, 0.15) is 18.4 Å². The van der Waals surface area contributed by atoms with E-state index in [-0.39, 0.29) is 29.1 Å². The molecule has 1 N–H and O–H groups in total. The summed E-state index contributed by atoms with van der Waals surface area (Å²) in [7, 11) is -4.24. The quantitative estimate of drug-likeness (QED) is 0.384. The molecule has 7 nitrogen and oxygen atoms in total. The van der Waals surface area contributed by atoms with Gasteiger partial charge in [0, 0.05) is 12.6 Å². The summed E-state index contributed by atoms with van der Waals surface area (Å²) in [5.41, 5.74) is 2.00. The van der Waals surface area contributed by atoms with Crippen molar-refractivity contribution in [1.29, 1.82) is 0 Å². The number of carbonyl (C=O) groups is 2. The third-order valence-electron chi connectivity index (χ3n) is 6.37. The van der Waals surface area contributed by atoms with Gasteiger partial charge < -0.3 is 10.2 Å². The van der Waals surface area contributed by atoms with E-state index in [9.17, 15) is 22.4 Å². The maximum absolute atomic E-state index is 13.8. The summed E-state index contributed by atoms with van der Waals surface area (Å²) >= 11 is 0. The maximum atomic E-state index is 13.8. The Kier molecular flexibility index (Phi) is 9.63. The molecule has 0 aliphatic carbocycles. The fourth-order valence-electron chi connectivity index (χ4n) is 3.80. The number of aryl methyl sites for hydroxylation is 1. The lowest BCUT2D eigenvalue weighted by Gasteiger charge is -2.32. The van der Waals surface area contributed by atoms with Crippen molar-refractivity contribution in [3.05, 3.63) is 95.8 Å². The Balaban J connectivity index is 2.00. The second-order valence-electron chi connectivity index (χ2n) is 9.30. The topological polar surface area (TPSA) is 86.8 Å². The number of anilines is 1. The summed E-state index contributed by atoms with van der Waals surface area (Å²) in [6.45, 7) is 6.89. The van der Waals surface area contributed by atoms with E-state index >= 15 is 0 Å². The molecular formula is C29H34FN3O4S. The summed E-state index contributed by atoms with van der Waals surface area (Å²) in [4.78, 5) is 28.1. The van der Waals surface area contributed by atoms with E-state index in [4.69, 9.17) is 0 Å². The predicted molar refractivity (Wildman–Crippen MR) is 146 cm³/mol. The van der Waals surface area contributed by atoms with Gasteiger partial charge in [0.15, 0.2) is 0 Å². The predicted octanol–water partition coefficient (Wildman–Crippen LogP) is 4.66. The zero-order valence-corrected chi connectivity index (χ0v) is 22.9. The van der Waals surface area contributed by atoms with E-state index in [0.29, 0.717) is 0 Å². The molecule has 3 aromatic carbocycles. The third kappa shape index (κ3) is 7.19. The number of sulfonamides is 1. The third-order valence-corrected chi connectivity index (χ3v) is 8.15. The minimum absolute atomic E-state index is 0.0819. The number of hydrogen-bond acceptors (Lipinski definition) is 4. The molecule has 0 radical (unpaired) electrons. The lowest BCUT2D eigenvalue weighted by atomic mass is 10.1. The van der Waals surface area contributed by atoms with Gasteiger partial charge in [0.25, 0.3) is 10.0 Å². The molecule has 0 spiro atoms. The summed E-state index contributed by atoms with van der Waals surface area (Å²) in [5, 5.41) is 2.90. The summed E-state index contributed by atoms with van der Waals surface area (Å²) < 4.78 is 41.9. The first-order chi connectivity index (χ1) is 18.0. The highest BCUT2D eigenvalue weighted by Gasteiger charge is 2.32. The number of carbonyl (C=O) groups excluding carboxylic acids is 2. The maximum Gasteiger partial charge on any atom is 0.264 e. The first kappa shape index (κ1) is 28.8. The van der Waals surface area contributed by atoms with Crippen molar-refractivity contribution < 1.29 is 22.4 Å². The molecule has 0 aliphatic rings. The highest BCUT2D eigenvalue weighted by atomic mass is 32.2. The van der Waals surface area contributed by atoms with Crippen LogP contribution in [-0.4, -0.2) is 43.8 Å². The Bertz CT molecular complexity index is 1330. The average Bonchev–Trinajstić information content (AvgIpc) is 2.91. The van der Waals surface area contributed by atoms with Gasteiger partial charge in [0.05, 0.1) is 10.6 Å². The summed E-state index contributed by atoms with van der Waals surface area (Å²) in [5.74, 6) is -1.45. The summed E-state index contributed by atoms with van der Waals surface area (Å²) in [6.07, 6.45) is 0.724. The molecule has 3 rings (SSSR count). The number of benzene rings is 3. The Labute approximate surface area is 224 Å². The van der Waals surface area contributed by atoms with Crippen LogP contribution in [0.3, 0.4) is 0 Å². The van der Waals surface area contributed by atoms with Crippen molar-refractivity contribution in [2.45, 2.75) is 57.6 Å². The molecule has 0 saturated heterocycles. The Morgan fingerprint density at radius 1 is 0.921 bits per heavy atom. The van der Waals surface area contributed by atoms with Crippen molar-refractivity contribution in [3.63, 3.8) is 0 Å². The Hall–Kier alpha value is -3.72. The first-order valence-electron chi connectivity index (χ1n) is 12.5. The fraction of sp³-hybridized carbons (Fsp3) is 0.310. The molecule has 0 saturated carbocycles. The van der Waals surface area contributed by atoms with E-state index in [2.05, 4.69) is 5.32 Å². The molecule has 0 heterocycles. The van der Waals surface area contributed by atoms with Crippen LogP contribution in [0, 0.1) is 12.7 Å². The number of amides is 2. The van der Waals surface area contributed by atoms with Crippen LogP contribution in [0.5, 0.6) is 0 Å². The molecule has 202 valence electrons. The van der Waals surface area contributed by atoms with Gasteiger partial charge in [-0.2, -0.15) is 0 Å². The van der Waals surface area contributed by atoms with E-state index in [1.807, 2.05) is 51.1 Å². The SMILES string of the molecule is CCC(C)NC(=O)C(C)N(Cc1ccccc1)C(=O)CN(c1ccc(C)cc1)S(=O)(=O)c1ccc(F)cc1. The highest BCUT2D eigenvalue weighted by molar-refractivity contribution is 7.92. The minimum Gasteiger partial charge on any atom is -0.352 e.